The van der Waals surface area contributed by atoms with Gasteiger partial charge < -0.3 is 0 Å². The molecule has 0 unspecified atom stereocenters. The van der Waals surface area contributed by atoms with Crippen LogP contribution in [0.15, 0.2) is 54.6 Å². The fourth-order valence-corrected chi connectivity index (χ4v) is 1.98. The molecule has 7 heteroatoms. The second kappa shape index (κ2) is 5.59. The molecule has 0 aliphatic heterocycles. The Morgan fingerprint density at radius 3 is 2.23 bits per heavy atom. The first-order chi connectivity index (χ1) is 10.5. The highest BCUT2D eigenvalue weighted by molar-refractivity contribution is 5.52. The van der Waals surface area contributed by atoms with E-state index >= 15 is 0 Å². The second-order valence-corrected chi connectivity index (χ2v) is 4.70. The van der Waals surface area contributed by atoms with Gasteiger partial charge in [-0.25, -0.2) is 0 Å². The van der Waals surface area contributed by atoms with E-state index in [9.17, 15) is 13.2 Å². The van der Waals surface area contributed by atoms with E-state index < -0.39 is 11.7 Å². The molecular weight excluding hydrogens is 293 g/mol. The summed E-state index contributed by atoms with van der Waals surface area (Å²) in [5.41, 5.74) is 0.832. The minimum absolute atomic E-state index is 0.262. The molecule has 0 spiro atoms. The molecule has 0 fully saturated rings. The third-order valence-electron chi connectivity index (χ3n) is 3.09. The number of alkyl halides is 3. The van der Waals surface area contributed by atoms with Gasteiger partial charge in [-0.2, -0.15) is 18.0 Å². The molecule has 3 rings (SSSR count). The molecule has 1 aromatic heterocycles. The largest absolute Gasteiger partial charge is 0.416 e. The number of benzene rings is 2. The van der Waals surface area contributed by atoms with Crippen LogP contribution in [0.25, 0.3) is 11.4 Å². The van der Waals surface area contributed by atoms with E-state index in [1.54, 1.807) is 0 Å². The average molecular weight is 304 g/mol. The van der Waals surface area contributed by atoms with Gasteiger partial charge in [0, 0.05) is 5.56 Å². The predicted octanol–water partition coefficient (Wildman–Crippen LogP) is 3.41. The fraction of sp³-hybridized carbons (Fsp3) is 0.133. The van der Waals surface area contributed by atoms with E-state index in [1.165, 1.54) is 16.9 Å². The molecule has 0 N–H and O–H groups in total. The molecule has 0 saturated carbocycles. The lowest BCUT2D eigenvalue weighted by atomic mass is 10.1. The van der Waals surface area contributed by atoms with Crippen LogP contribution in [-0.4, -0.2) is 20.2 Å². The number of tetrazole rings is 1. The number of hydrogen-bond donors (Lipinski definition) is 0. The third-order valence-corrected chi connectivity index (χ3v) is 3.09. The Balaban J connectivity index is 1.76. The Kier molecular flexibility index (Phi) is 3.62. The molecule has 1 heterocycles. The van der Waals surface area contributed by atoms with Gasteiger partial charge in [0.25, 0.3) is 0 Å². The monoisotopic (exact) mass is 304 g/mol. The molecule has 2 aromatic carbocycles. The molecule has 0 bridgehead atoms. The lowest BCUT2D eigenvalue weighted by Crippen LogP contribution is -2.07. The Labute approximate surface area is 124 Å². The Bertz CT molecular complexity index is 748. The number of aromatic nitrogens is 4. The van der Waals surface area contributed by atoms with Crippen molar-refractivity contribution >= 4 is 0 Å². The summed E-state index contributed by atoms with van der Waals surface area (Å²) >= 11 is 0. The quantitative estimate of drug-likeness (QED) is 0.745. The SMILES string of the molecule is FC(F)(F)c1ccc(Cn2nnc(-c3ccccc3)n2)cc1. The Morgan fingerprint density at radius 1 is 0.909 bits per heavy atom. The summed E-state index contributed by atoms with van der Waals surface area (Å²) in [5.74, 6) is 0.479. The van der Waals surface area contributed by atoms with Crippen LogP contribution in [0.4, 0.5) is 13.2 Å². The highest BCUT2D eigenvalue weighted by Crippen LogP contribution is 2.29. The van der Waals surface area contributed by atoms with E-state index in [0.717, 1.165) is 17.7 Å². The maximum absolute atomic E-state index is 12.5. The zero-order valence-corrected chi connectivity index (χ0v) is 11.3. The summed E-state index contributed by atoms with van der Waals surface area (Å²) in [6.45, 7) is 0.262. The van der Waals surface area contributed by atoms with Gasteiger partial charge in [0.1, 0.15) is 0 Å². The normalized spacial score (nSPS) is 11.6. The average Bonchev–Trinajstić information content (AvgIpc) is 2.96. The molecule has 0 saturated heterocycles. The number of halogens is 3. The van der Waals surface area contributed by atoms with Gasteiger partial charge in [-0.05, 0) is 22.9 Å². The molecule has 0 radical (unpaired) electrons. The summed E-state index contributed by atoms with van der Waals surface area (Å²) in [6.07, 6.45) is -4.33. The van der Waals surface area contributed by atoms with Crippen LogP contribution in [0.5, 0.6) is 0 Å². The van der Waals surface area contributed by atoms with E-state index in [4.69, 9.17) is 0 Å². The van der Waals surface area contributed by atoms with Crippen LogP contribution >= 0.6 is 0 Å². The lowest BCUT2D eigenvalue weighted by Gasteiger charge is -2.07. The highest BCUT2D eigenvalue weighted by Gasteiger charge is 2.29. The maximum Gasteiger partial charge on any atom is 0.416 e. The van der Waals surface area contributed by atoms with Crippen LogP contribution in [0.1, 0.15) is 11.1 Å². The van der Waals surface area contributed by atoms with Gasteiger partial charge in [-0.15, -0.1) is 10.2 Å². The highest BCUT2D eigenvalue weighted by atomic mass is 19.4. The topological polar surface area (TPSA) is 43.6 Å². The minimum atomic E-state index is -4.33. The van der Waals surface area contributed by atoms with E-state index in [-0.39, 0.29) is 6.54 Å². The van der Waals surface area contributed by atoms with Crippen molar-refractivity contribution in [2.24, 2.45) is 0 Å². The second-order valence-electron chi connectivity index (χ2n) is 4.70. The molecule has 22 heavy (non-hydrogen) atoms. The molecule has 0 amide bonds. The molecule has 0 atom stereocenters. The van der Waals surface area contributed by atoms with Crippen molar-refractivity contribution in [2.75, 3.05) is 0 Å². The predicted molar refractivity (Wildman–Crippen MR) is 73.8 cm³/mol. The molecule has 4 nitrogen and oxygen atoms in total. The lowest BCUT2D eigenvalue weighted by molar-refractivity contribution is -0.137. The Hall–Kier alpha value is -2.70. The van der Waals surface area contributed by atoms with E-state index in [0.29, 0.717) is 11.4 Å². The summed E-state index contributed by atoms with van der Waals surface area (Å²) < 4.78 is 37.5. The Morgan fingerprint density at radius 2 is 1.59 bits per heavy atom. The summed E-state index contributed by atoms with van der Waals surface area (Å²) in [7, 11) is 0. The van der Waals surface area contributed by atoms with Crippen molar-refractivity contribution in [3.8, 4) is 11.4 Å². The third kappa shape index (κ3) is 3.13. The zero-order valence-electron chi connectivity index (χ0n) is 11.3. The van der Waals surface area contributed by atoms with Crippen molar-refractivity contribution in [3.63, 3.8) is 0 Å². The maximum atomic E-state index is 12.5. The van der Waals surface area contributed by atoms with Crippen molar-refractivity contribution < 1.29 is 13.2 Å². The van der Waals surface area contributed by atoms with Gasteiger partial charge in [0.05, 0.1) is 12.1 Å². The molecule has 112 valence electrons. The first-order valence-electron chi connectivity index (χ1n) is 6.52. The molecular formula is C15H11F3N4. The standard InChI is InChI=1S/C15H11F3N4/c16-15(17,18)13-8-6-11(7-9-13)10-22-20-14(19-21-22)12-4-2-1-3-5-12/h1-9H,10H2. The number of nitrogens with zero attached hydrogens (tertiary/aromatic N) is 4. The van der Waals surface area contributed by atoms with Crippen LogP contribution in [0, 0.1) is 0 Å². The summed E-state index contributed by atoms with van der Waals surface area (Å²) in [6, 6.07) is 14.3. The van der Waals surface area contributed by atoms with Gasteiger partial charge in [0.15, 0.2) is 0 Å². The molecule has 0 aliphatic carbocycles. The van der Waals surface area contributed by atoms with Crippen molar-refractivity contribution in [1.82, 2.24) is 20.2 Å². The molecule has 0 aliphatic rings. The van der Waals surface area contributed by atoms with Gasteiger partial charge in [-0.1, -0.05) is 42.5 Å². The molecule has 3 aromatic rings. The van der Waals surface area contributed by atoms with E-state index in [2.05, 4.69) is 15.4 Å². The van der Waals surface area contributed by atoms with Crippen LogP contribution in [0.2, 0.25) is 0 Å². The minimum Gasteiger partial charge on any atom is -0.166 e. The first-order valence-corrected chi connectivity index (χ1v) is 6.52. The van der Waals surface area contributed by atoms with Gasteiger partial charge in [0.2, 0.25) is 5.82 Å². The number of hydrogen-bond acceptors (Lipinski definition) is 3. The fourth-order valence-electron chi connectivity index (χ4n) is 1.98. The van der Waals surface area contributed by atoms with E-state index in [1.807, 2.05) is 30.3 Å². The zero-order chi connectivity index (χ0) is 15.6. The summed E-state index contributed by atoms with van der Waals surface area (Å²) in [5, 5.41) is 12.1. The number of rotatable bonds is 3. The van der Waals surface area contributed by atoms with Crippen LogP contribution in [0.3, 0.4) is 0 Å². The van der Waals surface area contributed by atoms with Crippen molar-refractivity contribution in [1.29, 1.82) is 0 Å². The van der Waals surface area contributed by atoms with Crippen LogP contribution in [-0.2, 0) is 12.7 Å². The van der Waals surface area contributed by atoms with Crippen molar-refractivity contribution in [2.45, 2.75) is 12.7 Å². The first kappa shape index (κ1) is 14.2. The van der Waals surface area contributed by atoms with Crippen LogP contribution < -0.4 is 0 Å². The van der Waals surface area contributed by atoms with Crippen molar-refractivity contribution in [3.05, 3.63) is 65.7 Å². The van der Waals surface area contributed by atoms with Gasteiger partial charge in [-0.3, -0.25) is 0 Å². The summed E-state index contributed by atoms with van der Waals surface area (Å²) in [4.78, 5) is 1.35. The van der Waals surface area contributed by atoms with Gasteiger partial charge >= 0.3 is 6.18 Å². The smallest absolute Gasteiger partial charge is 0.166 e.